The Morgan fingerprint density at radius 1 is 1.06 bits per heavy atom. The summed E-state index contributed by atoms with van der Waals surface area (Å²) in [6.07, 6.45) is 2.58. The molecule has 0 radical (unpaired) electrons. The molecule has 1 atom stereocenters. The van der Waals surface area contributed by atoms with Crippen LogP contribution >= 0.6 is 0 Å². The van der Waals surface area contributed by atoms with Crippen LogP contribution in [0.4, 0.5) is 11.6 Å². The summed E-state index contributed by atoms with van der Waals surface area (Å²) in [5.74, 6) is 2.19. The van der Waals surface area contributed by atoms with E-state index in [4.69, 9.17) is 4.98 Å². The molecule has 1 unspecified atom stereocenters. The number of fused-ring (bicyclic) bond motifs is 1. The van der Waals surface area contributed by atoms with E-state index in [0.29, 0.717) is 34.4 Å². The maximum Gasteiger partial charge on any atom is 0.163 e. The first-order valence-electron chi connectivity index (χ1n) is 10.5. The van der Waals surface area contributed by atoms with Crippen LogP contribution in [0.2, 0.25) is 0 Å². The first-order chi connectivity index (χ1) is 16.4. The molecule has 0 aliphatic heterocycles. The number of aryl methyl sites for hydroxylation is 2. The van der Waals surface area contributed by atoms with Crippen LogP contribution in [-0.2, 0) is 0 Å². The topological polar surface area (TPSA) is 143 Å². The number of aromatic nitrogens is 8. The van der Waals surface area contributed by atoms with E-state index in [1.807, 2.05) is 38.1 Å². The van der Waals surface area contributed by atoms with Gasteiger partial charge in [-0.15, -0.1) is 5.10 Å². The number of hydrogen-bond acceptors (Lipinski definition) is 9. The van der Waals surface area contributed by atoms with Crippen LogP contribution in [0.25, 0.3) is 22.7 Å². The van der Waals surface area contributed by atoms with Gasteiger partial charge in [0.05, 0.1) is 29.0 Å². The standard InChI is InChI=1S/C23H20N10O/c1-13-4-6-20(30-29-13)27-21-9-18-19(11-25-21)32(12-26-18)22-7-5-17(15(3)34)23(28-22)33-14(2)8-16(10-24)31-33/h4-9,11-12,15,34H,1-3H3,(H,25,27,30). The number of anilines is 2. The van der Waals surface area contributed by atoms with Crippen molar-refractivity contribution in [3.05, 3.63) is 71.6 Å². The van der Waals surface area contributed by atoms with Gasteiger partial charge in [-0.2, -0.15) is 15.5 Å². The van der Waals surface area contributed by atoms with Crippen LogP contribution in [0.3, 0.4) is 0 Å². The van der Waals surface area contributed by atoms with Crippen LogP contribution in [-0.4, -0.2) is 44.6 Å². The monoisotopic (exact) mass is 452 g/mol. The number of rotatable bonds is 5. The van der Waals surface area contributed by atoms with Crippen LogP contribution in [0, 0.1) is 25.2 Å². The minimum Gasteiger partial charge on any atom is -0.389 e. The predicted molar refractivity (Wildman–Crippen MR) is 124 cm³/mol. The van der Waals surface area contributed by atoms with E-state index in [9.17, 15) is 10.4 Å². The first kappa shape index (κ1) is 21.2. The molecule has 168 valence electrons. The van der Waals surface area contributed by atoms with Crippen LogP contribution < -0.4 is 5.32 Å². The second kappa shape index (κ2) is 8.34. The maximum absolute atomic E-state index is 10.3. The highest BCUT2D eigenvalue weighted by Crippen LogP contribution is 2.25. The lowest BCUT2D eigenvalue weighted by atomic mass is 10.1. The third-order valence-corrected chi connectivity index (χ3v) is 5.28. The number of hydrogen-bond donors (Lipinski definition) is 2. The molecule has 0 aliphatic carbocycles. The second-order valence-corrected chi connectivity index (χ2v) is 7.81. The molecule has 0 fully saturated rings. The molecular formula is C23H20N10O. The van der Waals surface area contributed by atoms with Crippen molar-refractivity contribution in [1.82, 2.24) is 39.5 Å². The summed E-state index contributed by atoms with van der Waals surface area (Å²) in [6.45, 7) is 5.36. The summed E-state index contributed by atoms with van der Waals surface area (Å²) in [5, 5.41) is 35.1. The fourth-order valence-corrected chi connectivity index (χ4v) is 3.58. The van der Waals surface area contributed by atoms with Crippen molar-refractivity contribution < 1.29 is 5.11 Å². The number of nitriles is 1. The Morgan fingerprint density at radius 3 is 2.62 bits per heavy atom. The zero-order valence-corrected chi connectivity index (χ0v) is 18.7. The van der Waals surface area contributed by atoms with Crippen LogP contribution in [0.5, 0.6) is 0 Å². The van der Waals surface area contributed by atoms with Gasteiger partial charge < -0.3 is 10.4 Å². The average Bonchev–Trinajstić information content (AvgIpc) is 3.43. The van der Waals surface area contributed by atoms with Crippen molar-refractivity contribution in [1.29, 1.82) is 5.26 Å². The predicted octanol–water partition coefficient (Wildman–Crippen LogP) is 3.08. The Kier molecular flexibility index (Phi) is 5.19. The summed E-state index contributed by atoms with van der Waals surface area (Å²) >= 11 is 0. The fraction of sp³-hybridized carbons (Fsp3) is 0.174. The van der Waals surface area contributed by atoms with Crippen molar-refractivity contribution in [2.75, 3.05) is 5.32 Å². The van der Waals surface area contributed by atoms with E-state index in [-0.39, 0.29) is 5.69 Å². The quantitative estimate of drug-likeness (QED) is 0.411. The number of aliphatic hydroxyl groups excluding tert-OH is 1. The summed E-state index contributed by atoms with van der Waals surface area (Å²) in [6, 6.07) is 12.8. The molecule has 5 heterocycles. The summed E-state index contributed by atoms with van der Waals surface area (Å²) in [7, 11) is 0. The number of aliphatic hydroxyl groups is 1. The molecule has 11 nitrogen and oxygen atoms in total. The molecule has 0 spiro atoms. The molecule has 34 heavy (non-hydrogen) atoms. The summed E-state index contributed by atoms with van der Waals surface area (Å²) in [4.78, 5) is 13.7. The first-order valence-corrected chi connectivity index (χ1v) is 10.5. The Hall–Kier alpha value is -4.69. The lowest BCUT2D eigenvalue weighted by Crippen LogP contribution is -2.11. The molecule has 0 saturated heterocycles. The van der Waals surface area contributed by atoms with E-state index in [1.165, 1.54) is 0 Å². The van der Waals surface area contributed by atoms with E-state index in [2.05, 4.69) is 30.6 Å². The van der Waals surface area contributed by atoms with Gasteiger partial charge in [-0.05, 0) is 51.1 Å². The molecular weight excluding hydrogens is 432 g/mol. The van der Waals surface area contributed by atoms with Gasteiger partial charge in [0.2, 0.25) is 0 Å². The maximum atomic E-state index is 10.3. The largest absolute Gasteiger partial charge is 0.389 e. The molecule has 5 rings (SSSR count). The van der Waals surface area contributed by atoms with E-state index >= 15 is 0 Å². The number of nitrogens with one attached hydrogen (secondary N) is 1. The zero-order chi connectivity index (χ0) is 23.8. The van der Waals surface area contributed by atoms with Gasteiger partial charge >= 0.3 is 0 Å². The van der Waals surface area contributed by atoms with Gasteiger partial charge in [0, 0.05) is 17.3 Å². The third kappa shape index (κ3) is 3.82. The average molecular weight is 452 g/mol. The van der Waals surface area contributed by atoms with Crippen molar-refractivity contribution in [2.24, 2.45) is 0 Å². The molecule has 0 aromatic carbocycles. The third-order valence-electron chi connectivity index (χ3n) is 5.28. The van der Waals surface area contributed by atoms with Gasteiger partial charge in [0.15, 0.2) is 17.3 Å². The van der Waals surface area contributed by atoms with Gasteiger partial charge in [0.1, 0.15) is 24.0 Å². The minimum absolute atomic E-state index is 0.275. The van der Waals surface area contributed by atoms with Crippen molar-refractivity contribution >= 4 is 22.7 Å². The van der Waals surface area contributed by atoms with Crippen LogP contribution in [0.1, 0.15) is 35.7 Å². The van der Waals surface area contributed by atoms with E-state index in [0.717, 1.165) is 16.9 Å². The Labute approximate surface area is 194 Å². The molecule has 5 aromatic heterocycles. The molecule has 2 N–H and O–H groups in total. The number of nitrogens with zero attached hydrogens (tertiary/aromatic N) is 9. The normalized spacial score (nSPS) is 12.0. The Bertz CT molecular complexity index is 1540. The Balaban J connectivity index is 1.55. The molecule has 5 aromatic rings. The van der Waals surface area contributed by atoms with E-state index < -0.39 is 6.10 Å². The number of pyridine rings is 2. The lowest BCUT2D eigenvalue weighted by molar-refractivity contribution is 0.198. The highest BCUT2D eigenvalue weighted by molar-refractivity contribution is 5.79. The zero-order valence-electron chi connectivity index (χ0n) is 18.7. The summed E-state index contributed by atoms with van der Waals surface area (Å²) < 4.78 is 3.36. The molecule has 0 aliphatic rings. The SMILES string of the molecule is Cc1ccc(Nc2cc3ncn(-c4ccc(C(C)O)c(-n5nc(C#N)cc5C)n4)c3cn2)nn1. The number of imidazole rings is 1. The second-order valence-electron chi connectivity index (χ2n) is 7.81. The van der Waals surface area contributed by atoms with Gasteiger partial charge in [-0.25, -0.2) is 19.6 Å². The van der Waals surface area contributed by atoms with Gasteiger partial charge in [0.25, 0.3) is 0 Å². The van der Waals surface area contributed by atoms with E-state index in [1.54, 1.807) is 46.9 Å². The molecule has 0 saturated carbocycles. The van der Waals surface area contributed by atoms with Crippen molar-refractivity contribution in [3.8, 4) is 17.7 Å². The van der Waals surface area contributed by atoms with Gasteiger partial charge in [-0.1, -0.05) is 0 Å². The summed E-state index contributed by atoms with van der Waals surface area (Å²) in [5.41, 5.74) is 3.89. The van der Waals surface area contributed by atoms with Gasteiger partial charge in [-0.3, -0.25) is 4.57 Å². The van der Waals surface area contributed by atoms with Crippen molar-refractivity contribution in [2.45, 2.75) is 26.9 Å². The highest BCUT2D eigenvalue weighted by atomic mass is 16.3. The lowest BCUT2D eigenvalue weighted by Gasteiger charge is -2.14. The fourth-order valence-electron chi connectivity index (χ4n) is 3.58. The highest BCUT2D eigenvalue weighted by Gasteiger charge is 2.18. The Morgan fingerprint density at radius 2 is 1.91 bits per heavy atom. The molecule has 0 bridgehead atoms. The smallest absolute Gasteiger partial charge is 0.163 e. The minimum atomic E-state index is -0.773. The molecule has 0 amide bonds. The van der Waals surface area contributed by atoms with Crippen LogP contribution in [0.15, 0.2) is 48.9 Å². The van der Waals surface area contributed by atoms with Crippen molar-refractivity contribution in [3.63, 3.8) is 0 Å². The molecule has 11 heteroatoms.